The molecule has 136 valence electrons. The van der Waals surface area contributed by atoms with Crippen LogP contribution in [-0.4, -0.2) is 27.9 Å². The molecule has 1 N–H and O–H groups in total. The van der Waals surface area contributed by atoms with Crippen LogP contribution in [0.2, 0.25) is 5.02 Å². The van der Waals surface area contributed by atoms with E-state index in [1.807, 2.05) is 25.2 Å². The molecule has 0 amide bonds. The molecule has 0 spiro atoms. The first kappa shape index (κ1) is 18.2. The number of ether oxygens (including phenoxy) is 1. The summed E-state index contributed by atoms with van der Waals surface area (Å²) in [5.74, 6) is 0.929. The standard InChI is InChI=1S/C19H20ClFN4O/c1-4-13(26-3)9-8-12(2)16-10-17(25-19(24-16)22-11-23-25)18-14(20)6-5-7-15(18)21/h4-9,11,16-17H,2,10H2,1,3H3,(H,22,23,24). The van der Waals surface area contributed by atoms with Crippen LogP contribution in [0.15, 0.2) is 60.7 Å². The van der Waals surface area contributed by atoms with Gasteiger partial charge < -0.3 is 10.1 Å². The first-order valence-corrected chi connectivity index (χ1v) is 8.60. The van der Waals surface area contributed by atoms with Gasteiger partial charge in [0, 0.05) is 10.6 Å². The minimum absolute atomic E-state index is 0.140. The molecule has 1 aromatic heterocycles. The second-order valence-electron chi connectivity index (χ2n) is 5.92. The molecule has 26 heavy (non-hydrogen) atoms. The highest BCUT2D eigenvalue weighted by Gasteiger charge is 2.32. The van der Waals surface area contributed by atoms with Crippen LogP contribution in [0.4, 0.5) is 10.3 Å². The molecule has 0 bridgehead atoms. The number of halogens is 2. The zero-order valence-corrected chi connectivity index (χ0v) is 15.4. The Kier molecular flexibility index (Phi) is 5.42. The third-order valence-electron chi connectivity index (χ3n) is 4.39. The number of methoxy groups -OCH3 is 1. The van der Waals surface area contributed by atoms with E-state index in [0.717, 1.165) is 11.3 Å². The summed E-state index contributed by atoms with van der Waals surface area (Å²) >= 11 is 6.28. The summed E-state index contributed by atoms with van der Waals surface area (Å²) in [6.07, 6.45) is 7.56. The summed E-state index contributed by atoms with van der Waals surface area (Å²) in [7, 11) is 1.61. The predicted octanol–water partition coefficient (Wildman–Crippen LogP) is 4.51. The van der Waals surface area contributed by atoms with Crippen molar-refractivity contribution in [1.82, 2.24) is 14.8 Å². The smallest absolute Gasteiger partial charge is 0.222 e. The molecule has 0 aliphatic carbocycles. The van der Waals surface area contributed by atoms with E-state index in [0.29, 0.717) is 23.0 Å². The Balaban J connectivity index is 1.92. The summed E-state index contributed by atoms with van der Waals surface area (Å²) in [6, 6.07) is 4.16. The quantitative estimate of drug-likeness (QED) is 0.618. The van der Waals surface area contributed by atoms with Crippen molar-refractivity contribution in [2.45, 2.75) is 25.4 Å². The Morgan fingerprint density at radius 1 is 1.46 bits per heavy atom. The fourth-order valence-electron chi connectivity index (χ4n) is 3.02. The van der Waals surface area contributed by atoms with Crippen LogP contribution >= 0.6 is 11.6 Å². The maximum Gasteiger partial charge on any atom is 0.222 e. The third-order valence-corrected chi connectivity index (χ3v) is 4.72. The lowest BCUT2D eigenvalue weighted by atomic mass is 9.93. The summed E-state index contributed by atoms with van der Waals surface area (Å²) in [4.78, 5) is 4.23. The van der Waals surface area contributed by atoms with E-state index in [4.69, 9.17) is 16.3 Å². The Labute approximate surface area is 156 Å². The molecule has 1 aromatic carbocycles. The minimum atomic E-state index is -0.374. The van der Waals surface area contributed by atoms with Gasteiger partial charge in [-0.1, -0.05) is 30.3 Å². The molecule has 2 atom stereocenters. The van der Waals surface area contributed by atoms with Crippen LogP contribution in [0.3, 0.4) is 0 Å². The number of anilines is 1. The van der Waals surface area contributed by atoms with Crippen LogP contribution in [0.25, 0.3) is 0 Å². The van der Waals surface area contributed by atoms with E-state index >= 15 is 0 Å². The zero-order chi connectivity index (χ0) is 18.7. The van der Waals surface area contributed by atoms with Gasteiger partial charge in [0.1, 0.15) is 17.9 Å². The normalized spacial score (nSPS) is 19.9. The summed E-state index contributed by atoms with van der Waals surface area (Å²) < 4.78 is 21.4. The van der Waals surface area contributed by atoms with Crippen molar-refractivity contribution in [2.24, 2.45) is 0 Å². The maximum atomic E-state index is 14.5. The van der Waals surface area contributed by atoms with Crippen molar-refractivity contribution < 1.29 is 9.13 Å². The van der Waals surface area contributed by atoms with Crippen molar-refractivity contribution in [3.05, 3.63) is 77.1 Å². The lowest BCUT2D eigenvalue weighted by Crippen LogP contribution is -2.34. The van der Waals surface area contributed by atoms with Crippen molar-refractivity contribution in [3.8, 4) is 0 Å². The van der Waals surface area contributed by atoms with Gasteiger partial charge >= 0.3 is 0 Å². The molecule has 0 saturated carbocycles. The molecular formula is C19H20ClFN4O. The maximum absolute atomic E-state index is 14.5. The number of hydrogen-bond donors (Lipinski definition) is 1. The SMILES string of the molecule is C=C(C=CC(=CC)OC)C1CC(c2c(F)cccc2Cl)n2ncnc2N1. The average Bonchev–Trinajstić information content (AvgIpc) is 3.10. The van der Waals surface area contributed by atoms with Gasteiger partial charge in [-0.05, 0) is 43.2 Å². The van der Waals surface area contributed by atoms with Crippen LogP contribution < -0.4 is 5.32 Å². The number of nitrogens with zero attached hydrogens (tertiary/aromatic N) is 3. The van der Waals surface area contributed by atoms with Crippen molar-refractivity contribution >= 4 is 17.5 Å². The van der Waals surface area contributed by atoms with E-state index in [1.165, 1.54) is 12.4 Å². The number of hydrogen-bond acceptors (Lipinski definition) is 4. The van der Waals surface area contributed by atoms with Crippen LogP contribution in [0, 0.1) is 5.82 Å². The number of rotatable bonds is 5. The highest BCUT2D eigenvalue weighted by molar-refractivity contribution is 6.31. The number of allylic oxidation sites excluding steroid dienone is 2. The summed E-state index contributed by atoms with van der Waals surface area (Å²) in [5.41, 5.74) is 1.24. The molecule has 7 heteroatoms. The molecule has 2 unspecified atom stereocenters. The largest absolute Gasteiger partial charge is 0.497 e. The van der Waals surface area contributed by atoms with Gasteiger partial charge in [0.25, 0.3) is 0 Å². The summed E-state index contributed by atoms with van der Waals surface area (Å²) in [6.45, 7) is 6.03. The van der Waals surface area contributed by atoms with Crippen LogP contribution in [-0.2, 0) is 4.74 Å². The van der Waals surface area contributed by atoms with Gasteiger partial charge in [-0.2, -0.15) is 10.1 Å². The Bertz CT molecular complexity index is 854. The van der Waals surface area contributed by atoms with Crippen LogP contribution in [0.5, 0.6) is 0 Å². The first-order chi connectivity index (χ1) is 12.5. The van der Waals surface area contributed by atoms with Gasteiger partial charge in [-0.15, -0.1) is 0 Å². The number of benzene rings is 1. The zero-order valence-electron chi connectivity index (χ0n) is 14.6. The second-order valence-corrected chi connectivity index (χ2v) is 6.32. The Hall–Kier alpha value is -2.60. The van der Waals surface area contributed by atoms with E-state index in [9.17, 15) is 4.39 Å². The predicted molar refractivity (Wildman–Crippen MR) is 101 cm³/mol. The van der Waals surface area contributed by atoms with Gasteiger partial charge in [0.15, 0.2) is 0 Å². The topological polar surface area (TPSA) is 52.0 Å². The van der Waals surface area contributed by atoms with Crippen molar-refractivity contribution in [3.63, 3.8) is 0 Å². The monoisotopic (exact) mass is 374 g/mol. The molecule has 0 saturated heterocycles. The van der Waals surface area contributed by atoms with Crippen LogP contribution in [0.1, 0.15) is 24.9 Å². The number of fused-ring (bicyclic) bond motifs is 1. The molecule has 5 nitrogen and oxygen atoms in total. The van der Waals surface area contributed by atoms with Gasteiger partial charge in [0.05, 0.1) is 19.2 Å². The van der Waals surface area contributed by atoms with E-state index in [1.54, 1.807) is 23.9 Å². The average molecular weight is 375 g/mol. The molecular weight excluding hydrogens is 355 g/mol. The van der Waals surface area contributed by atoms with Gasteiger partial charge in [0.2, 0.25) is 5.95 Å². The lowest BCUT2D eigenvalue weighted by molar-refractivity contribution is 0.306. The fraction of sp³-hybridized carbons (Fsp3) is 0.263. The second kappa shape index (κ2) is 7.74. The van der Waals surface area contributed by atoms with Gasteiger partial charge in [-0.25, -0.2) is 9.07 Å². The van der Waals surface area contributed by atoms with E-state index < -0.39 is 0 Å². The molecule has 2 heterocycles. The third kappa shape index (κ3) is 3.51. The number of aromatic nitrogens is 3. The molecule has 0 radical (unpaired) electrons. The Morgan fingerprint density at radius 2 is 2.27 bits per heavy atom. The van der Waals surface area contributed by atoms with E-state index in [2.05, 4.69) is 22.0 Å². The summed E-state index contributed by atoms with van der Waals surface area (Å²) in [5, 5.41) is 7.89. The first-order valence-electron chi connectivity index (χ1n) is 8.22. The highest BCUT2D eigenvalue weighted by atomic mass is 35.5. The molecule has 3 rings (SSSR count). The molecule has 1 aliphatic rings. The highest BCUT2D eigenvalue weighted by Crippen LogP contribution is 2.37. The molecule has 1 aliphatic heterocycles. The van der Waals surface area contributed by atoms with Crippen molar-refractivity contribution in [1.29, 1.82) is 0 Å². The van der Waals surface area contributed by atoms with Crippen molar-refractivity contribution in [2.75, 3.05) is 12.4 Å². The minimum Gasteiger partial charge on any atom is -0.497 e. The van der Waals surface area contributed by atoms with Gasteiger partial charge in [-0.3, -0.25) is 0 Å². The molecule has 2 aromatic rings. The number of nitrogens with one attached hydrogen (secondary N) is 1. The Morgan fingerprint density at radius 3 is 2.96 bits per heavy atom. The molecule has 0 fully saturated rings. The lowest BCUT2D eigenvalue weighted by Gasteiger charge is -2.32. The van der Waals surface area contributed by atoms with E-state index in [-0.39, 0.29) is 17.9 Å². The fourth-order valence-corrected chi connectivity index (χ4v) is 3.31.